The van der Waals surface area contributed by atoms with Gasteiger partial charge in [-0.3, -0.25) is 4.40 Å². The molecule has 2 rings (SSSR count). The molecule has 2 heterocycles. The lowest BCUT2D eigenvalue weighted by Gasteiger charge is -2.18. The Morgan fingerprint density at radius 2 is 2.11 bits per heavy atom. The molecule has 1 N–H and O–H groups in total. The monoisotopic (exact) mass is 247 g/mol. The van der Waals surface area contributed by atoms with Gasteiger partial charge in [0.25, 0.3) is 0 Å². The van der Waals surface area contributed by atoms with E-state index < -0.39 is 0 Å². The van der Waals surface area contributed by atoms with Gasteiger partial charge in [0.05, 0.1) is 6.54 Å². The number of carbonyl (C=O) groups is 1. The second-order valence-electron chi connectivity index (χ2n) is 3.88. The first-order valence-corrected chi connectivity index (χ1v) is 6.07. The third kappa shape index (κ3) is 2.42. The molecule has 0 aliphatic rings. The van der Waals surface area contributed by atoms with Gasteiger partial charge in [-0.25, -0.2) is 4.79 Å². The molecule has 2 aromatic rings. The van der Waals surface area contributed by atoms with Crippen molar-refractivity contribution < 1.29 is 4.79 Å². The van der Waals surface area contributed by atoms with Crippen LogP contribution in [0.25, 0.3) is 5.65 Å². The van der Waals surface area contributed by atoms with E-state index in [1.54, 1.807) is 4.90 Å². The largest absolute Gasteiger partial charge is 0.331 e. The fourth-order valence-corrected chi connectivity index (χ4v) is 1.79. The van der Waals surface area contributed by atoms with Gasteiger partial charge < -0.3 is 10.2 Å². The van der Waals surface area contributed by atoms with Gasteiger partial charge in [0.2, 0.25) is 0 Å². The average molecular weight is 247 g/mol. The van der Waals surface area contributed by atoms with Crippen LogP contribution in [0, 0.1) is 0 Å². The van der Waals surface area contributed by atoms with E-state index in [2.05, 4.69) is 15.5 Å². The van der Waals surface area contributed by atoms with Crippen molar-refractivity contribution in [2.24, 2.45) is 0 Å². The van der Waals surface area contributed by atoms with Gasteiger partial charge >= 0.3 is 6.03 Å². The van der Waals surface area contributed by atoms with E-state index in [0.717, 1.165) is 11.5 Å². The van der Waals surface area contributed by atoms with Gasteiger partial charge in [-0.1, -0.05) is 6.07 Å². The van der Waals surface area contributed by atoms with Crippen molar-refractivity contribution in [2.75, 3.05) is 13.1 Å². The smallest absolute Gasteiger partial charge is 0.317 e. The van der Waals surface area contributed by atoms with Crippen molar-refractivity contribution in [1.82, 2.24) is 24.8 Å². The molecule has 6 heteroatoms. The number of hydrogen-bond acceptors (Lipinski definition) is 3. The zero-order valence-corrected chi connectivity index (χ0v) is 10.6. The van der Waals surface area contributed by atoms with Crippen LogP contribution >= 0.6 is 0 Å². The second kappa shape index (κ2) is 5.48. The van der Waals surface area contributed by atoms with Crippen LogP contribution in [0.5, 0.6) is 0 Å². The Morgan fingerprint density at radius 3 is 2.83 bits per heavy atom. The number of hydrogen-bond donors (Lipinski definition) is 1. The van der Waals surface area contributed by atoms with Gasteiger partial charge in [0, 0.05) is 19.3 Å². The fraction of sp³-hybridized carbons (Fsp3) is 0.417. The molecule has 18 heavy (non-hydrogen) atoms. The molecule has 0 bridgehead atoms. The number of carbonyl (C=O) groups excluding carboxylic acids is 1. The second-order valence-corrected chi connectivity index (χ2v) is 3.88. The third-order valence-electron chi connectivity index (χ3n) is 2.83. The lowest BCUT2D eigenvalue weighted by molar-refractivity contribution is 0.202. The van der Waals surface area contributed by atoms with Gasteiger partial charge in [-0.15, -0.1) is 10.2 Å². The number of fused-ring (bicyclic) bond motifs is 1. The number of rotatable bonds is 4. The van der Waals surface area contributed by atoms with Gasteiger partial charge in [-0.2, -0.15) is 0 Å². The molecule has 0 aliphatic heterocycles. The number of nitrogens with zero attached hydrogens (tertiary/aromatic N) is 4. The number of amides is 2. The zero-order chi connectivity index (χ0) is 13.0. The highest BCUT2D eigenvalue weighted by Gasteiger charge is 2.10. The van der Waals surface area contributed by atoms with Crippen LogP contribution in [0.15, 0.2) is 24.4 Å². The summed E-state index contributed by atoms with van der Waals surface area (Å²) < 4.78 is 1.86. The molecule has 0 saturated carbocycles. The molecule has 0 fully saturated rings. The minimum atomic E-state index is -0.0762. The van der Waals surface area contributed by atoms with Crippen molar-refractivity contribution in [3.8, 4) is 0 Å². The van der Waals surface area contributed by atoms with Gasteiger partial charge in [-0.05, 0) is 26.0 Å². The average Bonchev–Trinajstić information content (AvgIpc) is 2.81. The minimum absolute atomic E-state index is 0.0762. The summed E-state index contributed by atoms with van der Waals surface area (Å²) in [4.78, 5) is 13.5. The summed E-state index contributed by atoms with van der Waals surface area (Å²) in [5.41, 5.74) is 0.782. The predicted molar refractivity (Wildman–Crippen MR) is 68.1 cm³/mol. The van der Waals surface area contributed by atoms with Crippen LogP contribution in [-0.4, -0.2) is 38.6 Å². The number of urea groups is 1. The molecule has 0 aromatic carbocycles. The summed E-state index contributed by atoms with van der Waals surface area (Å²) in [6, 6.07) is 5.62. The molecule has 0 atom stereocenters. The molecule has 0 saturated heterocycles. The van der Waals surface area contributed by atoms with Crippen LogP contribution in [0.1, 0.15) is 19.7 Å². The molecule has 96 valence electrons. The van der Waals surface area contributed by atoms with E-state index in [4.69, 9.17) is 0 Å². The first-order chi connectivity index (χ1) is 8.76. The molecule has 0 unspecified atom stereocenters. The molecular weight excluding hydrogens is 230 g/mol. The van der Waals surface area contributed by atoms with Crippen molar-refractivity contribution in [3.63, 3.8) is 0 Å². The minimum Gasteiger partial charge on any atom is -0.331 e. The molecule has 0 spiro atoms. The molecular formula is C12H17N5O. The first kappa shape index (κ1) is 12.3. The Morgan fingerprint density at radius 1 is 1.33 bits per heavy atom. The summed E-state index contributed by atoms with van der Waals surface area (Å²) in [5.74, 6) is 0.728. The molecule has 6 nitrogen and oxygen atoms in total. The maximum absolute atomic E-state index is 11.8. The number of nitrogens with one attached hydrogen (secondary N) is 1. The highest BCUT2D eigenvalue weighted by molar-refractivity contribution is 5.73. The Kier molecular flexibility index (Phi) is 3.76. The van der Waals surface area contributed by atoms with Crippen molar-refractivity contribution in [2.45, 2.75) is 20.4 Å². The molecule has 0 aliphatic carbocycles. The van der Waals surface area contributed by atoms with Gasteiger partial charge in [0.1, 0.15) is 0 Å². The van der Waals surface area contributed by atoms with Crippen LogP contribution in [-0.2, 0) is 6.54 Å². The molecule has 2 aromatic heterocycles. The topological polar surface area (TPSA) is 62.5 Å². The number of aromatic nitrogens is 3. The highest BCUT2D eigenvalue weighted by atomic mass is 16.2. The van der Waals surface area contributed by atoms with E-state index in [1.165, 1.54) is 0 Å². The van der Waals surface area contributed by atoms with Crippen LogP contribution < -0.4 is 5.32 Å². The summed E-state index contributed by atoms with van der Waals surface area (Å²) in [6.45, 7) is 5.68. The van der Waals surface area contributed by atoms with E-state index in [9.17, 15) is 4.79 Å². The fourth-order valence-electron chi connectivity index (χ4n) is 1.79. The van der Waals surface area contributed by atoms with Crippen LogP contribution in [0.3, 0.4) is 0 Å². The lowest BCUT2D eigenvalue weighted by atomic mass is 10.4. The SMILES string of the molecule is CCN(CC)C(=O)NCc1nnc2ccccn12. The summed E-state index contributed by atoms with van der Waals surface area (Å²) in [5, 5.41) is 10.9. The summed E-state index contributed by atoms with van der Waals surface area (Å²) in [7, 11) is 0. The Bertz CT molecular complexity index is 532. The Balaban J connectivity index is 2.04. The number of pyridine rings is 1. The van der Waals surface area contributed by atoms with E-state index in [0.29, 0.717) is 19.6 Å². The van der Waals surface area contributed by atoms with Crippen molar-refractivity contribution >= 4 is 11.7 Å². The normalized spacial score (nSPS) is 10.6. The predicted octanol–water partition coefficient (Wildman–Crippen LogP) is 1.28. The van der Waals surface area contributed by atoms with E-state index in [-0.39, 0.29) is 6.03 Å². The Labute approximate surface area is 106 Å². The van der Waals surface area contributed by atoms with Crippen molar-refractivity contribution in [1.29, 1.82) is 0 Å². The van der Waals surface area contributed by atoms with E-state index in [1.807, 2.05) is 42.6 Å². The standard InChI is InChI=1S/C12H17N5O/c1-3-16(4-2)12(18)13-9-11-15-14-10-7-5-6-8-17(10)11/h5-8H,3-4,9H2,1-2H3,(H,13,18). The van der Waals surface area contributed by atoms with E-state index >= 15 is 0 Å². The zero-order valence-electron chi connectivity index (χ0n) is 10.6. The van der Waals surface area contributed by atoms with Crippen LogP contribution in [0.4, 0.5) is 4.79 Å². The van der Waals surface area contributed by atoms with Crippen LogP contribution in [0.2, 0.25) is 0 Å². The van der Waals surface area contributed by atoms with Crippen molar-refractivity contribution in [3.05, 3.63) is 30.2 Å². The molecule has 2 amide bonds. The van der Waals surface area contributed by atoms with Gasteiger partial charge in [0.15, 0.2) is 11.5 Å². The summed E-state index contributed by atoms with van der Waals surface area (Å²) in [6.07, 6.45) is 1.88. The first-order valence-electron chi connectivity index (χ1n) is 6.07. The quantitative estimate of drug-likeness (QED) is 0.885. The highest BCUT2D eigenvalue weighted by Crippen LogP contribution is 2.02. The third-order valence-corrected chi connectivity index (χ3v) is 2.83. The maximum atomic E-state index is 11.8. The Hall–Kier alpha value is -2.11. The summed E-state index contributed by atoms with van der Waals surface area (Å²) >= 11 is 0. The lowest BCUT2D eigenvalue weighted by Crippen LogP contribution is -2.39. The molecule has 0 radical (unpaired) electrons. The maximum Gasteiger partial charge on any atom is 0.317 e.